The van der Waals surface area contributed by atoms with Gasteiger partial charge in [-0.05, 0) is 35.3 Å². The maximum atomic E-state index is 12.4. The van der Waals surface area contributed by atoms with Crippen LogP contribution in [0.5, 0.6) is 0 Å². The number of hydrogen-bond acceptors (Lipinski definition) is 6. The Labute approximate surface area is 136 Å². The number of hydrogen-bond donors (Lipinski definition) is 2. The highest BCUT2D eigenvalue weighted by Crippen LogP contribution is 2.25. The first-order valence-corrected chi connectivity index (χ1v) is 9.30. The summed E-state index contributed by atoms with van der Waals surface area (Å²) >= 11 is 4.68. The van der Waals surface area contributed by atoms with Gasteiger partial charge in [-0.1, -0.05) is 6.92 Å². The Kier molecular flexibility index (Phi) is 4.97. The fourth-order valence-corrected chi connectivity index (χ4v) is 4.41. The van der Waals surface area contributed by atoms with E-state index in [1.54, 1.807) is 13.1 Å². The summed E-state index contributed by atoms with van der Waals surface area (Å²) in [5.41, 5.74) is 5.65. The molecule has 9 heteroatoms. The van der Waals surface area contributed by atoms with Crippen molar-refractivity contribution in [3.05, 3.63) is 32.8 Å². The van der Waals surface area contributed by atoms with E-state index < -0.39 is 16.1 Å². The van der Waals surface area contributed by atoms with Crippen LogP contribution >= 0.6 is 27.3 Å². The van der Waals surface area contributed by atoms with E-state index in [1.165, 1.54) is 23.6 Å². The van der Waals surface area contributed by atoms with Crippen molar-refractivity contribution in [2.24, 2.45) is 0 Å². The van der Waals surface area contributed by atoms with Gasteiger partial charge < -0.3 is 5.73 Å². The Morgan fingerprint density at radius 3 is 2.76 bits per heavy atom. The molecule has 2 heterocycles. The van der Waals surface area contributed by atoms with Crippen molar-refractivity contribution in [2.45, 2.75) is 31.2 Å². The molecule has 1 unspecified atom stereocenters. The highest BCUT2D eigenvalue weighted by Gasteiger charge is 2.23. The number of sulfonamides is 1. The van der Waals surface area contributed by atoms with E-state index >= 15 is 0 Å². The Bertz CT molecular complexity index is 745. The highest BCUT2D eigenvalue weighted by atomic mass is 79.9. The number of anilines is 1. The lowest BCUT2D eigenvalue weighted by molar-refractivity contribution is 0.566. The second kappa shape index (κ2) is 6.39. The van der Waals surface area contributed by atoms with Crippen molar-refractivity contribution in [1.29, 1.82) is 0 Å². The van der Waals surface area contributed by atoms with Gasteiger partial charge >= 0.3 is 0 Å². The van der Waals surface area contributed by atoms with Crippen molar-refractivity contribution in [2.75, 3.05) is 5.73 Å². The molecule has 0 aliphatic heterocycles. The topological polar surface area (TPSA) is 98.0 Å². The van der Waals surface area contributed by atoms with Crippen LogP contribution in [-0.2, 0) is 16.4 Å². The molecule has 2 rings (SSSR count). The van der Waals surface area contributed by atoms with E-state index in [2.05, 4.69) is 30.6 Å². The van der Waals surface area contributed by atoms with Gasteiger partial charge in [0.1, 0.15) is 15.7 Å². The molecule has 1 atom stereocenters. The molecule has 0 fully saturated rings. The van der Waals surface area contributed by atoms with Crippen LogP contribution in [-0.4, -0.2) is 18.4 Å². The summed E-state index contributed by atoms with van der Waals surface area (Å²) in [5, 5.41) is 0.719. The lowest BCUT2D eigenvalue weighted by Gasteiger charge is -2.13. The molecular formula is C12H15BrN4O2S2. The summed E-state index contributed by atoms with van der Waals surface area (Å²) in [4.78, 5) is 9.15. The summed E-state index contributed by atoms with van der Waals surface area (Å²) in [5.74, 6) is -0.0358. The molecule has 0 bridgehead atoms. The van der Waals surface area contributed by atoms with E-state index in [0.29, 0.717) is 4.47 Å². The van der Waals surface area contributed by atoms with Crippen LogP contribution in [0.4, 0.5) is 5.82 Å². The summed E-state index contributed by atoms with van der Waals surface area (Å²) in [6.45, 7) is 3.78. The maximum absolute atomic E-state index is 12.4. The van der Waals surface area contributed by atoms with Crippen molar-refractivity contribution in [1.82, 2.24) is 14.7 Å². The minimum absolute atomic E-state index is 0.0358. The Morgan fingerprint density at radius 2 is 2.14 bits per heavy atom. The van der Waals surface area contributed by atoms with Crippen molar-refractivity contribution >= 4 is 43.1 Å². The number of nitrogens with two attached hydrogens (primary N) is 1. The molecule has 0 radical (unpaired) electrons. The van der Waals surface area contributed by atoms with Gasteiger partial charge in [-0.2, -0.15) is 0 Å². The number of aryl methyl sites for hydroxylation is 1. The zero-order chi connectivity index (χ0) is 15.6. The molecule has 0 spiro atoms. The molecule has 0 aliphatic rings. The molecule has 6 nitrogen and oxygen atoms in total. The average Bonchev–Trinajstić information content (AvgIpc) is 2.90. The third-order valence-corrected chi connectivity index (χ3v) is 6.09. The average molecular weight is 391 g/mol. The van der Waals surface area contributed by atoms with E-state index in [4.69, 9.17) is 5.73 Å². The Morgan fingerprint density at radius 1 is 1.43 bits per heavy atom. The fourth-order valence-electron chi connectivity index (χ4n) is 1.68. The van der Waals surface area contributed by atoms with Gasteiger partial charge in [-0.15, -0.1) is 11.3 Å². The first-order valence-electron chi connectivity index (χ1n) is 6.21. The third-order valence-electron chi connectivity index (χ3n) is 2.76. The molecule has 0 amide bonds. The molecule has 114 valence electrons. The SMILES string of the molecule is CCc1cnc(C(C)NS(=O)(=O)c2cc(Br)cnc2N)s1. The lowest BCUT2D eigenvalue weighted by Crippen LogP contribution is -2.27. The first-order chi connectivity index (χ1) is 9.83. The fraction of sp³-hybridized carbons (Fsp3) is 0.333. The smallest absolute Gasteiger partial charge is 0.244 e. The van der Waals surface area contributed by atoms with Crippen LogP contribution in [0.25, 0.3) is 0 Å². The quantitative estimate of drug-likeness (QED) is 0.816. The molecule has 21 heavy (non-hydrogen) atoms. The number of aromatic nitrogens is 2. The molecular weight excluding hydrogens is 376 g/mol. The van der Waals surface area contributed by atoms with Crippen LogP contribution in [0, 0.1) is 0 Å². The summed E-state index contributed by atoms with van der Waals surface area (Å²) in [6, 6.07) is 0.996. The van der Waals surface area contributed by atoms with Gasteiger partial charge in [0.2, 0.25) is 10.0 Å². The van der Waals surface area contributed by atoms with Crippen LogP contribution in [0.1, 0.15) is 29.8 Å². The molecule has 3 N–H and O–H groups in total. The maximum Gasteiger partial charge on any atom is 0.244 e. The standard InChI is InChI=1S/C12H15BrN4O2S2/c1-3-9-6-16-12(20-9)7(2)17-21(18,19)10-4-8(13)5-15-11(10)14/h4-7,17H,3H2,1-2H3,(H2,14,15). The second-order valence-electron chi connectivity index (χ2n) is 4.40. The zero-order valence-electron chi connectivity index (χ0n) is 11.5. The number of pyridine rings is 1. The second-order valence-corrected chi connectivity index (χ2v) is 8.14. The van der Waals surface area contributed by atoms with E-state index in [0.717, 1.165) is 16.3 Å². The van der Waals surface area contributed by atoms with Gasteiger partial charge in [0.05, 0.1) is 6.04 Å². The normalized spacial score (nSPS) is 13.3. The minimum atomic E-state index is -3.76. The van der Waals surface area contributed by atoms with Crippen LogP contribution in [0.15, 0.2) is 27.8 Å². The van der Waals surface area contributed by atoms with Crippen molar-refractivity contribution in [3.63, 3.8) is 0 Å². The first kappa shape index (κ1) is 16.3. The van der Waals surface area contributed by atoms with Gasteiger partial charge in [0, 0.05) is 21.7 Å². The summed E-state index contributed by atoms with van der Waals surface area (Å²) in [6.07, 6.45) is 4.09. The molecule has 0 aromatic carbocycles. The van der Waals surface area contributed by atoms with Gasteiger partial charge in [0.25, 0.3) is 0 Å². The summed E-state index contributed by atoms with van der Waals surface area (Å²) < 4.78 is 27.9. The predicted octanol–water partition coefficient (Wildman–Crippen LogP) is 2.48. The van der Waals surface area contributed by atoms with Crippen LogP contribution in [0.2, 0.25) is 0 Å². The number of nitrogen functional groups attached to an aromatic ring is 1. The molecule has 0 saturated carbocycles. The van der Waals surface area contributed by atoms with Gasteiger partial charge in [0.15, 0.2) is 0 Å². The Balaban J connectivity index is 2.26. The van der Waals surface area contributed by atoms with Crippen molar-refractivity contribution < 1.29 is 8.42 Å². The predicted molar refractivity (Wildman–Crippen MR) is 86.6 cm³/mol. The number of nitrogens with zero attached hydrogens (tertiary/aromatic N) is 2. The number of nitrogens with one attached hydrogen (secondary N) is 1. The number of halogens is 1. The van der Waals surface area contributed by atoms with E-state index in [1.807, 2.05) is 6.92 Å². The largest absolute Gasteiger partial charge is 0.383 e. The van der Waals surface area contributed by atoms with Gasteiger partial charge in [-0.3, -0.25) is 0 Å². The lowest BCUT2D eigenvalue weighted by atomic mass is 10.4. The number of thiazole rings is 1. The summed E-state index contributed by atoms with van der Waals surface area (Å²) in [7, 11) is -3.76. The molecule has 0 aliphatic carbocycles. The van der Waals surface area contributed by atoms with Gasteiger partial charge in [-0.25, -0.2) is 23.1 Å². The van der Waals surface area contributed by atoms with Crippen LogP contribution in [0.3, 0.4) is 0 Å². The van der Waals surface area contributed by atoms with E-state index in [-0.39, 0.29) is 10.7 Å². The zero-order valence-corrected chi connectivity index (χ0v) is 14.7. The monoisotopic (exact) mass is 390 g/mol. The van der Waals surface area contributed by atoms with E-state index in [9.17, 15) is 8.42 Å². The van der Waals surface area contributed by atoms with Crippen molar-refractivity contribution in [3.8, 4) is 0 Å². The molecule has 0 saturated heterocycles. The molecule has 2 aromatic heterocycles. The number of rotatable bonds is 5. The Hall–Kier alpha value is -1.03. The van der Waals surface area contributed by atoms with Crippen LogP contribution < -0.4 is 10.5 Å². The molecule has 2 aromatic rings. The third kappa shape index (κ3) is 3.79. The minimum Gasteiger partial charge on any atom is -0.383 e. The highest BCUT2D eigenvalue weighted by molar-refractivity contribution is 9.10.